The van der Waals surface area contributed by atoms with E-state index in [0.29, 0.717) is 0 Å². The molecule has 0 saturated heterocycles. The van der Waals surface area contributed by atoms with E-state index in [-0.39, 0.29) is 0 Å². The number of rotatable bonds is 2. The van der Waals surface area contributed by atoms with Crippen LogP contribution in [0.25, 0.3) is 16.8 Å². The molecule has 7 heteroatoms. The number of nitrogens with zero attached hydrogens (tertiary/aromatic N) is 6. The van der Waals surface area contributed by atoms with Gasteiger partial charge in [0.15, 0.2) is 5.82 Å². The number of hydrogen-bond acceptors (Lipinski definition) is 5. The third kappa shape index (κ3) is 1.44. The van der Waals surface area contributed by atoms with Crippen molar-refractivity contribution in [1.29, 1.82) is 0 Å². The third-order valence-electron chi connectivity index (χ3n) is 2.81. The van der Waals surface area contributed by atoms with Gasteiger partial charge in [-0.1, -0.05) is 0 Å². The van der Waals surface area contributed by atoms with E-state index < -0.39 is 0 Å². The smallest absolute Gasteiger partial charge is 0.156 e. The highest BCUT2D eigenvalue weighted by Crippen LogP contribution is 2.27. The van der Waals surface area contributed by atoms with Gasteiger partial charge in [-0.2, -0.15) is 10.2 Å². The molecule has 0 atom stereocenters. The second-order valence-corrected chi connectivity index (χ2v) is 4.03. The summed E-state index contributed by atoms with van der Waals surface area (Å²) in [7, 11) is 3.71. The standard InChI is InChI=1S/C11H13N7/c1-7-16-9(8-4-14-17(3)5-8)10-11(12-2)13-6-15-18(7)10/h4-6H,1-3H3,(H,12,13,15). The van der Waals surface area contributed by atoms with Crippen LogP contribution in [0.15, 0.2) is 18.7 Å². The second kappa shape index (κ2) is 3.80. The maximum absolute atomic E-state index is 4.55. The van der Waals surface area contributed by atoms with Gasteiger partial charge in [0.2, 0.25) is 0 Å². The first kappa shape index (κ1) is 10.7. The van der Waals surface area contributed by atoms with Crippen LogP contribution < -0.4 is 5.32 Å². The Morgan fingerprint density at radius 1 is 1.28 bits per heavy atom. The molecule has 0 saturated carbocycles. The summed E-state index contributed by atoms with van der Waals surface area (Å²) in [6.07, 6.45) is 5.23. The van der Waals surface area contributed by atoms with Gasteiger partial charge in [0, 0.05) is 25.9 Å². The summed E-state index contributed by atoms with van der Waals surface area (Å²) in [6.45, 7) is 1.92. The van der Waals surface area contributed by atoms with Crippen LogP contribution in [0, 0.1) is 6.92 Å². The molecule has 0 bridgehead atoms. The second-order valence-electron chi connectivity index (χ2n) is 4.03. The van der Waals surface area contributed by atoms with E-state index in [1.807, 2.05) is 27.2 Å². The average molecular weight is 243 g/mol. The van der Waals surface area contributed by atoms with Gasteiger partial charge in [0.1, 0.15) is 23.4 Å². The lowest BCUT2D eigenvalue weighted by Crippen LogP contribution is -2.00. The lowest BCUT2D eigenvalue weighted by atomic mass is 10.2. The maximum atomic E-state index is 4.55. The quantitative estimate of drug-likeness (QED) is 0.723. The SMILES string of the molecule is CNc1ncnn2c(C)nc(-c3cnn(C)c3)c12. The fourth-order valence-corrected chi connectivity index (χ4v) is 2.00. The molecular weight excluding hydrogens is 230 g/mol. The molecule has 7 nitrogen and oxygen atoms in total. The molecule has 0 aromatic carbocycles. The lowest BCUT2D eigenvalue weighted by molar-refractivity contribution is 0.768. The van der Waals surface area contributed by atoms with Crippen LogP contribution in [0.4, 0.5) is 5.82 Å². The van der Waals surface area contributed by atoms with Crippen molar-refractivity contribution in [2.24, 2.45) is 7.05 Å². The summed E-state index contributed by atoms with van der Waals surface area (Å²) >= 11 is 0. The number of aryl methyl sites for hydroxylation is 2. The topological polar surface area (TPSA) is 72.9 Å². The van der Waals surface area contributed by atoms with E-state index in [4.69, 9.17) is 0 Å². The predicted molar refractivity (Wildman–Crippen MR) is 67.3 cm³/mol. The minimum atomic E-state index is 0.754. The monoisotopic (exact) mass is 243 g/mol. The molecule has 3 aromatic heterocycles. The predicted octanol–water partition coefficient (Wildman–Crippen LogP) is 0.875. The van der Waals surface area contributed by atoms with Crippen LogP contribution in [0.1, 0.15) is 5.82 Å². The largest absolute Gasteiger partial charge is 0.371 e. The molecule has 18 heavy (non-hydrogen) atoms. The lowest BCUT2D eigenvalue weighted by Gasteiger charge is -2.02. The molecule has 92 valence electrons. The van der Waals surface area contributed by atoms with Crippen molar-refractivity contribution in [3.63, 3.8) is 0 Å². The molecule has 0 spiro atoms. The Bertz CT molecular complexity index is 709. The Balaban J connectivity index is 2.35. The Labute approximate surface area is 103 Å². The van der Waals surface area contributed by atoms with Gasteiger partial charge in [-0.25, -0.2) is 14.5 Å². The van der Waals surface area contributed by atoms with Crippen molar-refractivity contribution in [2.45, 2.75) is 6.92 Å². The maximum Gasteiger partial charge on any atom is 0.156 e. The van der Waals surface area contributed by atoms with Crippen LogP contribution >= 0.6 is 0 Å². The van der Waals surface area contributed by atoms with E-state index in [1.54, 1.807) is 15.4 Å². The fraction of sp³-hybridized carbons (Fsp3) is 0.273. The number of hydrogen-bond donors (Lipinski definition) is 1. The number of imidazole rings is 1. The minimum Gasteiger partial charge on any atom is -0.371 e. The molecule has 1 N–H and O–H groups in total. The fourth-order valence-electron chi connectivity index (χ4n) is 2.00. The highest BCUT2D eigenvalue weighted by atomic mass is 15.3. The van der Waals surface area contributed by atoms with Crippen LogP contribution in [0.3, 0.4) is 0 Å². The Kier molecular flexibility index (Phi) is 2.26. The first-order chi connectivity index (χ1) is 8.70. The van der Waals surface area contributed by atoms with Gasteiger partial charge in [-0.15, -0.1) is 0 Å². The third-order valence-corrected chi connectivity index (χ3v) is 2.81. The molecule has 0 unspecified atom stereocenters. The number of anilines is 1. The van der Waals surface area contributed by atoms with Gasteiger partial charge in [0.05, 0.1) is 6.20 Å². The zero-order valence-corrected chi connectivity index (χ0v) is 10.4. The summed E-state index contributed by atoms with van der Waals surface area (Å²) in [5.41, 5.74) is 2.66. The molecule has 0 aliphatic carbocycles. The van der Waals surface area contributed by atoms with E-state index in [2.05, 4.69) is 25.5 Å². The molecule has 0 aliphatic rings. The summed E-state index contributed by atoms with van der Waals surface area (Å²) in [4.78, 5) is 8.77. The van der Waals surface area contributed by atoms with E-state index in [1.165, 1.54) is 6.33 Å². The average Bonchev–Trinajstić information content (AvgIpc) is 2.94. The molecule has 0 amide bonds. The highest BCUT2D eigenvalue weighted by molar-refractivity contribution is 5.85. The van der Waals surface area contributed by atoms with E-state index in [9.17, 15) is 0 Å². The molecule has 0 radical (unpaired) electrons. The molecule has 3 heterocycles. The van der Waals surface area contributed by atoms with Gasteiger partial charge in [0.25, 0.3) is 0 Å². The minimum absolute atomic E-state index is 0.754. The van der Waals surface area contributed by atoms with Crippen LogP contribution in [-0.2, 0) is 7.05 Å². The number of aromatic nitrogens is 6. The normalized spacial score (nSPS) is 11.1. The Hall–Kier alpha value is -2.44. The van der Waals surface area contributed by atoms with Gasteiger partial charge in [-0.3, -0.25) is 4.68 Å². The van der Waals surface area contributed by atoms with Crippen LogP contribution in [-0.4, -0.2) is 36.4 Å². The zero-order valence-electron chi connectivity index (χ0n) is 10.4. The van der Waals surface area contributed by atoms with Crippen molar-refractivity contribution in [2.75, 3.05) is 12.4 Å². The highest BCUT2D eigenvalue weighted by Gasteiger charge is 2.16. The number of nitrogens with one attached hydrogen (secondary N) is 1. The zero-order chi connectivity index (χ0) is 12.7. The van der Waals surface area contributed by atoms with Crippen LogP contribution in [0.5, 0.6) is 0 Å². The summed E-state index contributed by atoms with van der Waals surface area (Å²) in [5.74, 6) is 1.58. The van der Waals surface area contributed by atoms with Crippen molar-refractivity contribution in [3.05, 3.63) is 24.5 Å². The van der Waals surface area contributed by atoms with E-state index >= 15 is 0 Å². The van der Waals surface area contributed by atoms with E-state index in [0.717, 1.165) is 28.4 Å². The summed E-state index contributed by atoms with van der Waals surface area (Å²) in [5, 5.41) is 11.5. The van der Waals surface area contributed by atoms with Crippen molar-refractivity contribution < 1.29 is 0 Å². The van der Waals surface area contributed by atoms with Crippen molar-refractivity contribution >= 4 is 11.3 Å². The molecule has 3 rings (SSSR count). The molecule has 0 fully saturated rings. The summed E-state index contributed by atoms with van der Waals surface area (Å²) in [6, 6.07) is 0. The molecular formula is C11H13N7. The summed E-state index contributed by atoms with van der Waals surface area (Å²) < 4.78 is 3.53. The van der Waals surface area contributed by atoms with Gasteiger partial charge in [-0.05, 0) is 6.92 Å². The van der Waals surface area contributed by atoms with Crippen molar-refractivity contribution in [3.8, 4) is 11.3 Å². The molecule has 0 aliphatic heterocycles. The Morgan fingerprint density at radius 2 is 2.11 bits per heavy atom. The van der Waals surface area contributed by atoms with Crippen LogP contribution in [0.2, 0.25) is 0 Å². The Morgan fingerprint density at radius 3 is 2.78 bits per heavy atom. The van der Waals surface area contributed by atoms with Crippen molar-refractivity contribution in [1.82, 2.24) is 29.4 Å². The first-order valence-electron chi connectivity index (χ1n) is 5.58. The van der Waals surface area contributed by atoms with Gasteiger partial charge >= 0.3 is 0 Å². The first-order valence-corrected chi connectivity index (χ1v) is 5.58. The molecule has 3 aromatic rings. The number of fused-ring (bicyclic) bond motifs is 1. The van der Waals surface area contributed by atoms with Gasteiger partial charge < -0.3 is 5.32 Å².